The number of amides is 1. The summed E-state index contributed by atoms with van der Waals surface area (Å²) >= 11 is 0. The zero-order chi connectivity index (χ0) is 16.9. The highest BCUT2D eigenvalue weighted by atomic mass is 16.3. The lowest BCUT2D eigenvalue weighted by molar-refractivity contribution is -0.118. The van der Waals surface area contributed by atoms with Gasteiger partial charge in [-0.1, -0.05) is 24.6 Å². The first kappa shape index (κ1) is 16.6. The van der Waals surface area contributed by atoms with Crippen LogP contribution < -0.4 is 0 Å². The molecule has 0 atom stereocenters. The number of aromatic nitrogens is 1. The Morgan fingerprint density at radius 3 is 2.71 bits per heavy atom. The summed E-state index contributed by atoms with van der Waals surface area (Å²) in [5.41, 5.74) is 1.27. The predicted molar refractivity (Wildman–Crippen MR) is 93.7 cm³/mol. The van der Waals surface area contributed by atoms with Crippen LogP contribution in [-0.4, -0.2) is 40.1 Å². The number of carbonyl (C=O) groups is 1. The zero-order valence-electron chi connectivity index (χ0n) is 14.1. The van der Waals surface area contributed by atoms with Crippen LogP contribution in [-0.2, 0) is 11.3 Å². The molecular weight excluding hydrogens is 304 g/mol. The average Bonchev–Trinajstić information content (AvgIpc) is 2.90. The minimum absolute atomic E-state index is 0.0614. The minimum atomic E-state index is -0.242. The highest BCUT2D eigenvalue weighted by Gasteiger charge is 2.16. The molecule has 1 aliphatic rings. The number of benzene rings is 1. The molecular formula is C18H24N4O2. The van der Waals surface area contributed by atoms with Gasteiger partial charge >= 0.3 is 0 Å². The van der Waals surface area contributed by atoms with Crippen molar-refractivity contribution in [3.05, 3.63) is 24.3 Å². The number of hydrogen-bond acceptors (Lipinski definition) is 4. The third-order valence-electron chi connectivity index (χ3n) is 4.59. The molecule has 1 aliphatic heterocycles. The van der Waals surface area contributed by atoms with E-state index in [0.29, 0.717) is 18.7 Å². The Bertz CT molecular complexity index is 745. The first-order valence-electron chi connectivity index (χ1n) is 8.68. The Morgan fingerprint density at radius 1 is 1.21 bits per heavy atom. The molecule has 2 heterocycles. The fourth-order valence-corrected chi connectivity index (χ4v) is 3.28. The number of aromatic hydroxyl groups is 1. The average molecular weight is 328 g/mol. The standard InChI is InChI=1S/C18H24N4O2/c1-2-22-15-9-5-4-8-14(15)17(18(22)24)20-19-16(23)10-13-21-11-6-3-7-12-21/h4-5,8-9,24H,2-3,6-7,10-13H2,1H3. The van der Waals surface area contributed by atoms with Crippen molar-refractivity contribution in [2.45, 2.75) is 39.2 Å². The number of rotatable bonds is 5. The summed E-state index contributed by atoms with van der Waals surface area (Å²) in [6.45, 7) is 5.45. The number of fused-ring (bicyclic) bond motifs is 1. The molecule has 0 unspecified atom stereocenters. The molecule has 6 heteroatoms. The molecule has 24 heavy (non-hydrogen) atoms. The largest absolute Gasteiger partial charge is 0.493 e. The first-order valence-corrected chi connectivity index (χ1v) is 8.68. The fraction of sp³-hybridized carbons (Fsp3) is 0.500. The van der Waals surface area contributed by atoms with E-state index >= 15 is 0 Å². The molecule has 0 saturated carbocycles. The van der Waals surface area contributed by atoms with Gasteiger partial charge in [-0.15, -0.1) is 10.2 Å². The monoisotopic (exact) mass is 328 g/mol. The van der Waals surface area contributed by atoms with E-state index in [2.05, 4.69) is 15.1 Å². The van der Waals surface area contributed by atoms with Crippen molar-refractivity contribution in [2.24, 2.45) is 10.2 Å². The topological polar surface area (TPSA) is 70.2 Å². The van der Waals surface area contributed by atoms with Crippen molar-refractivity contribution in [1.82, 2.24) is 9.47 Å². The van der Waals surface area contributed by atoms with Crippen LogP contribution in [0.15, 0.2) is 34.5 Å². The van der Waals surface area contributed by atoms with Gasteiger partial charge in [0.05, 0.1) is 5.52 Å². The summed E-state index contributed by atoms with van der Waals surface area (Å²) < 4.78 is 1.77. The van der Waals surface area contributed by atoms with E-state index in [1.54, 1.807) is 4.57 Å². The van der Waals surface area contributed by atoms with Gasteiger partial charge in [0, 0.05) is 24.9 Å². The van der Waals surface area contributed by atoms with Gasteiger partial charge in [0.25, 0.3) is 5.91 Å². The summed E-state index contributed by atoms with van der Waals surface area (Å²) in [6, 6.07) is 7.61. The van der Waals surface area contributed by atoms with Crippen LogP contribution >= 0.6 is 0 Å². The van der Waals surface area contributed by atoms with Gasteiger partial charge < -0.3 is 14.6 Å². The van der Waals surface area contributed by atoms with Gasteiger partial charge in [-0.25, -0.2) is 0 Å². The van der Waals surface area contributed by atoms with Crippen LogP contribution in [0.4, 0.5) is 5.69 Å². The van der Waals surface area contributed by atoms with Gasteiger partial charge in [0.2, 0.25) is 5.88 Å². The van der Waals surface area contributed by atoms with Gasteiger partial charge in [-0.3, -0.25) is 4.79 Å². The van der Waals surface area contributed by atoms with E-state index in [-0.39, 0.29) is 11.8 Å². The molecule has 1 aromatic carbocycles. The summed E-state index contributed by atoms with van der Waals surface area (Å²) in [4.78, 5) is 14.3. The van der Waals surface area contributed by atoms with Gasteiger partial charge in [-0.2, -0.15) is 0 Å². The number of hydrogen-bond donors (Lipinski definition) is 1. The summed E-state index contributed by atoms with van der Waals surface area (Å²) in [6.07, 6.45) is 4.07. The highest BCUT2D eigenvalue weighted by Crippen LogP contribution is 2.38. The number of likely N-dealkylation sites (tertiary alicyclic amines) is 1. The minimum Gasteiger partial charge on any atom is -0.493 e. The van der Waals surface area contributed by atoms with Crippen molar-refractivity contribution >= 4 is 22.5 Å². The van der Waals surface area contributed by atoms with E-state index < -0.39 is 0 Å². The lowest BCUT2D eigenvalue weighted by Gasteiger charge is -2.25. The molecule has 0 bridgehead atoms. The van der Waals surface area contributed by atoms with Gasteiger partial charge in [0.1, 0.15) is 0 Å². The van der Waals surface area contributed by atoms with Crippen LogP contribution in [0, 0.1) is 0 Å². The third-order valence-corrected chi connectivity index (χ3v) is 4.59. The van der Waals surface area contributed by atoms with E-state index in [9.17, 15) is 9.90 Å². The van der Waals surface area contributed by atoms with Crippen LogP contribution in [0.5, 0.6) is 5.88 Å². The molecule has 0 radical (unpaired) electrons. The van der Waals surface area contributed by atoms with E-state index in [4.69, 9.17) is 0 Å². The molecule has 3 rings (SSSR count). The molecule has 1 N–H and O–H groups in total. The molecule has 128 valence electrons. The normalized spacial score (nSPS) is 16.2. The van der Waals surface area contributed by atoms with Crippen LogP contribution in [0.2, 0.25) is 0 Å². The fourth-order valence-electron chi connectivity index (χ4n) is 3.28. The number of para-hydroxylation sites is 1. The molecule has 6 nitrogen and oxygen atoms in total. The first-order chi connectivity index (χ1) is 11.7. The maximum Gasteiger partial charge on any atom is 0.266 e. The molecule has 1 fully saturated rings. The lowest BCUT2D eigenvalue weighted by Crippen LogP contribution is -2.31. The smallest absolute Gasteiger partial charge is 0.266 e. The molecule has 1 aromatic heterocycles. The third kappa shape index (κ3) is 3.48. The number of nitrogens with zero attached hydrogens (tertiary/aromatic N) is 4. The number of azo groups is 1. The second kappa shape index (κ2) is 7.57. The number of aryl methyl sites for hydroxylation is 1. The van der Waals surface area contributed by atoms with E-state index in [0.717, 1.165) is 30.5 Å². The molecule has 1 amide bonds. The van der Waals surface area contributed by atoms with Crippen molar-refractivity contribution in [1.29, 1.82) is 0 Å². The highest BCUT2D eigenvalue weighted by molar-refractivity contribution is 5.95. The maximum atomic E-state index is 12.0. The van der Waals surface area contributed by atoms with Crippen molar-refractivity contribution in [3.8, 4) is 5.88 Å². The predicted octanol–water partition coefficient (Wildman–Crippen LogP) is 3.85. The molecule has 0 spiro atoms. The van der Waals surface area contributed by atoms with E-state index in [1.807, 2.05) is 31.2 Å². The van der Waals surface area contributed by atoms with Crippen molar-refractivity contribution < 1.29 is 9.90 Å². The Morgan fingerprint density at radius 2 is 1.96 bits per heavy atom. The van der Waals surface area contributed by atoms with E-state index in [1.165, 1.54) is 19.3 Å². The van der Waals surface area contributed by atoms with Crippen LogP contribution in [0.3, 0.4) is 0 Å². The van der Waals surface area contributed by atoms with Gasteiger partial charge in [0.15, 0.2) is 5.69 Å². The zero-order valence-corrected chi connectivity index (χ0v) is 14.1. The molecule has 0 aliphatic carbocycles. The Labute approximate surface area is 141 Å². The lowest BCUT2D eigenvalue weighted by atomic mass is 10.1. The second-order valence-corrected chi connectivity index (χ2v) is 6.18. The number of piperidine rings is 1. The molecule has 1 saturated heterocycles. The quantitative estimate of drug-likeness (QED) is 0.847. The van der Waals surface area contributed by atoms with Crippen LogP contribution in [0.25, 0.3) is 10.9 Å². The Hall–Kier alpha value is -2.21. The second-order valence-electron chi connectivity index (χ2n) is 6.18. The van der Waals surface area contributed by atoms with Gasteiger partial charge in [-0.05, 0) is 38.9 Å². The summed E-state index contributed by atoms with van der Waals surface area (Å²) in [5.74, 6) is -0.181. The Kier molecular flexibility index (Phi) is 5.25. The van der Waals surface area contributed by atoms with Crippen molar-refractivity contribution in [3.63, 3.8) is 0 Å². The summed E-state index contributed by atoms with van der Waals surface area (Å²) in [5, 5.41) is 19.0. The summed E-state index contributed by atoms with van der Waals surface area (Å²) in [7, 11) is 0. The van der Waals surface area contributed by atoms with Crippen molar-refractivity contribution in [2.75, 3.05) is 19.6 Å². The maximum absolute atomic E-state index is 12.0. The SMILES string of the molecule is CCn1c(O)c(N=NC(=O)CCN2CCCCC2)c2ccccc21. The molecule has 2 aromatic rings. The number of carbonyl (C=O) groups excluding carboxylic acids is 1. The van der Waals surface area contributed by atoms with Crippen LogP contribution in [0.1, 0.15) is 32.6 Å². The Balaban J connectivity index is 1.70.